The molecule has 0 aliphatic heterocycles. The largest absolute Gasteiger partial charge is 0.344 e. The third-order valence-corrected chi connectivity index (χ3v) is 4.97. The van der Waals surface area contributed by atoms with E-state index in [1.54, 1.807) is 24.3 Å². The number of rotatable bonds is 6. The summed E-state index contributed by atoms with van der Waals surface area (Å²) in [6.45, 7) is 1.32. The van der Waals surface area contributed by atoms with Gasteiger partial charge in [-0.15, -0.1) is 0 Å². The minimum absolute atomic E-state index is 0.0257. The van der Waals surface area contributed by atoms with Crippen LogP contribution in [-0.2, 0) is 19.6 Å². The molecule has 130 valence electrons. The van der Waals surface area contributed by atoms with E-state index in [9.17, 15) is 18.0 Å². The fraction of sp³-hybridized carbons (Fsp3) is 0.412. The van der Waals surface area contributed by atoms with Gasteiger partial charge in [0.15, 0.2) is 0 Å². The van der Waals surface area contributed by atoms with Crippen molar-refractivity contribution in [2.24, 2.45) is 5.92 Å². The van der Waals surface area contributed by atoms with Crippen LogP contribution in [0.2, 0.25) is 0 Å². The van der Waals surface area contributed by atoms with Crippen LogP contribution in [-0.4, -0.2) is 26.3 Å². The van der Waals surface area contributed by atoms with E-state index in [1.807, 2.05) is 10.8 Å². The van der Waals surface area contributed by atoms with Gasteiger partial charge < -0.3 is 5.32 Å². The monoisotopic (exact) mass is 350 g/mol. The van der Waals surface area contributed by atoms with E-state index in [-0.39, 0.29) is 11.8 Å². The van der Waals surface area contributed by atoms with Crippen molar-refractivity contribution in [3.63, 3.8) is 0 Å². The van der Waals surface area contributed by atoms with Crippen LogP contribution >= 0.6 is 0 Å². The zero-order chi connectivity index (χ0) is 17.6. The Balaban J connectivity index is 2.06. The lowest BCUT2D eigenvalue weighted by atomic mass is 9.97. The molecule has 2 rings (SSSR count). The summed E-state index contributed by atoms with van der Waals surface area (Å²) in [5, 5.41) is 3.54. The predicted octanol–water partition coefficient (Wildman–Crippen LogP) is 1.80. The van der Waals surface area contributed by atoms with E-state index in [2.05, 4.69) is 5.32 Å². The Kier molecular flexibility index (Phi) is 6.14. The first-order valence-corrected chi connectivity index (χ1v) is 9.49. The molecule has 1 fully saturated rings. The summed E-state index contributed by atoms with van der Waals surface area (Å²) in [6, 6.07) is 8.10. The lowest BCUT2D eigenvalue weighted by molar-refractivity contribution is -0.128. The molecule has 6 nitrogen and oxygen atoms in total. The van der Waals surface area contributed by atoms with Crippen molar-refractivity contribution < 1.29 is 18.0 Å². The number of hydrogen-bond donors (Lipinski definition) is 2. The first-order chi connectivity index (χ1) is 11.4. The molecule has 24 heavy (non-hydrogen) atoms. The molecule has 1 unspecified atom stereocenters. The summed E-state index contributed by atoms with van der Waals surface area (Å²) in [4.78, 5) is 23.7. The van der Waals surface area contributed by atoms with Gasteiger partial charge in [0.05, 0.1) is 5.41 Å². The quantitative estimate of drug-likeness (QED) is 0.818. The molecule has 0 saturated heterocycles. The van der Waals surface area contributed by atoms with Gasteiger partial charge in [-0.1, -0.05) is 43.2 Å². The molecule has 0 heterocycles. The Hall–Kier alpha value is -2.15. The van der Waals surface area contributed by atoms with Crippen LogP contribution in [0, 0.1) is 5.92 Å². The predicted molar refractivity (Wildman–Crippen MR) is 92.1 cm³/mol. The standard InChI is InChI=1S/C17H22N2O4S/c1-13(20)18-16(15-9-5-6-10-15)17(21)19-24(22,23)12-11-14-7-3-2-4-8-14/h2-4,7-8,11-12,15-16H,5-6,9-10H2,1H3,(H,18,20)(H,19,21)/b12-11+. The summed E-state index contributed by atoms with van der Waals surface area (Å²) in [5.74, 6) is -1.06. The first kappa shape index (κ1) is 18.2. The highest BCUT2D eigenvalue weighted by molar-refractivity contribution is 7.93. The molecule has 1 aliphatic carbocycles. The van der Waals surface area contributed by atoms with E-state index in [0.717, 1.165) is 31.1 Å². The molecule has 1 saturated carbocycles. The van der Waals surface area contributed by atoms with E-state index in [4.69, 9.17) is 0 Å². The van der Waals surface area contributed by atoms with Gasteiger partial charge in [-0.25, -0.2) is 13.1 Å². The molecule has 2 N–H and O–H groups in total. The second kappa shape index (κ2) is 8.10. The minimum Gasteiger partial charge on any atom is -0.344 e. The van der Waals surface area contributed by atoms with Crippen molar-refractivity contribution in [2.75, 3.05) is 0 Å². The Morgan fingerprint density at radius 2 is 1.79 bits per heavy atom. The van der Waals surface area contributed by atoms with Gasteiger partial charge in [-0.05, 0) is 30.4 Å². The van der Waals surface area contributed by atoms with Gasteiger partial charge in [-0.2, -0.15) is 0 Å². The number of benzene rings is 1. The zero-order valence-corrected chi connectivity index (χ0v) is 14.4. The fourth-order valence-corrected chi connectivity index (χ4v) is 3.69. The van der Waals surface area contributed by atoms with E-state index < -0.39 is 22.0 Å². The molecule has 0 aromatic heterocycles. The average Bonchev–Trinajstić information content (AvgIpc) is 3.05. The van der Waals surface area contributed by atoms with Crippen LogP contribution in [0.4, 0.5) is 0 Å². The first-order valence-electron chi connectivity index (χ1n) is 7.94. The maximum absolute atomic E-state index is 12.4. The molecule has 0 radical (unpaired) electrons. The Morgan fingerprint density at radius 1 is 1.17 bits per heavy atom. The van der Waals surface area contributed by atoms with Gasteiger partial charge in [0, 0.05) is 6.92 Å². The average molecular weight is 350 g/mol. The van der Waals surface area contributed by atoms with Crippen LogP contribution in [0.3, 0.4) is 0 Å². The van der Waals surface area contributed by atoms with Crippen LogP contribution in [0.25, 0.3) is 6.08 Å². The van der Waals surface area contributed by atoms with Crippen LogP contribution in [0.1, 0.15) is 38.2 Å². The molecule has 2 amide bonds. The lowest BCUT2D eigenvalue weighted by Crippen LogP contribution is -2.50. The molecule has 7 heteroatoms. The highest BCUT2D eigenvalue weighted by Gasteiger charge is 2.32. The second-order valence-corrected chi connectivity index (χ2v) is 7.51. The molecule has 1 aromatic rings. The Bertz CT molecular complexity index is 707. The third kappa shape index (κ3) is 5.49. The Labute approximate surface area is 142 Å². The van der Waals surface area contributed by atoms with Crippen molar-refractivity contribution in [3.05, 3.63) is 41.3 Å². The molecular formula is C17H22N2O4S. The highest BCUT2D eigenvalue weighted by Crippen LogP contribution is 2.28. The van der Waals surface area contributed by atoms with Crippen molar-refractivity contribution in [3.8, 4) is 0 Å². The molecule has 1 atom stereocenters. The normalized spacial score (nSPS) is 16.9. The number of carbonyl (C=O) groups excluding carboxylic acids is 2. The smallest absolute Gasteiger partial charge is 0.257 e. The summed E-state index contributed by atoms with van der Waals surface area (Å²) in [7, 11) is -3.92. The minimum atomic E-state index is -3.92. The summed E-state index contributed by atoms with van der Waals surface area (Å²) in [6.07, 6.45) is 4.98. The number of sulfonamides is 1. The number of nitrogens with one attached hydrogen (secondary N) is 2. The third-order valence-electron chi connectivity index (χ3n) is 3.99. The Morgan fingerprint density at radius 3 is 2.38 bits per heavy atom. The van der Waals surface area contributed by atoms with Crippen molar-refractivity contribution in [2.45, 2.75) is 38.6 Å². The van der Waals surface area contributed by atoms with E-state index in [1.165, 1.54) is 13.0 Å². The van der Waals surface area contributed by atoms with Gasteiger partial charge in [0.1, 0.15) is 6.04 Å². The van der Waals surface area contributed by atoms with Crippen LogP contribution in [0.15, 0.2) is 35.7 Å². The van der Waals surface area contributed by atoms with E-state index in [0.29, 0.717) is 5.56 Å². The van der Waals surface area contributed by atoms with E-state index >= 15 is 0 Å². The van der Waals surface area contributed by atoms with Crippen molar-refractivity contribution in [1.29, 1.82) is 0 Å². The summed E-state index contributed by atoms with van der Waals surface area (Å²) in [5.41, 5.74) is 0.713. The van der Waals surface area contributed by atoms with Gasteiger partial charge in [0.25, 0.3) is 15.9 Å². The number of amides is 2. The summed E-state index contributed by atoms with van der Waals surface area (Å²) < 4.78 is 26.2. The van der Waals surface area contributed by atoms with Crippen molar-refractivity contribution >= 4 is 27.9 Å². The van der Waals surface area contributed by atoms with Gasteiger partial charge in [-0.3, -0.25) is 9.59 Å². The molecule has 0 spiro atoms. The maximum Gasteiger partial charge on any atom is 0.257 e. The lowest BCUT2D eigenvalue weighted by Gasteiger charge is -2.22. The van der Waals surface area contributed by atoms with Crippen LogP contribution < -0.4 is 10.0 Å². The van der Waals surface area contributed by atoms with Gasteiger partial charge >= 0.3 is 0 Å². The van der Waals surface area contributed by atoms with Crippen LogP contribution in [0.5, 0.6) is 0 Å². The SMILES string of the molecule is CC(=O)NC(C(=O)NS(=O)(=O)/C=C/c1ccccc1)C1CCCC1. The number of carbonyl (C=O) groups is 2. The molecule has 1 aliphatic rings. The van der Waals surface area contributed by atoms with Gasteiger partial charge in [0.2, 0.25) is 5.91 Å². The van der Waals surface area contributed by atoms with Crippen molar-refractivity contribution in [1.82, 2.24) is 10.0 Å². The molecule has 1 aromatic carbocycles. The topological polar surface area (TPSA) is 92.3 Å². The fourth-order valence-electron chi connectivity index (χ4n) is 2.88. The zero-order valence-electron chi connectivity index (χ0n) is 13.6. The summed E-state index contributed by atoms with van der Waals surface area (Å²) >= 11 is 0. The maximum atomic E-state index is 12.4. The number of hydrogen-bond acceptors (Lipinski definition) is 4. The molecule has 0 bridgehead atoms. The second-order valence-electron chi connectivity index (χ2n) is 5.95. The molecular weight excluding hydrogens is 328 g/mol. The highest BCUT2D eigenvalue weighted by atomic mass is 32.2.